The van der Waals surface area contributed by atoms with Crippen LogP contribution in [0.3, 0.4) is 0 Å². The van der Waals surface area contributed by atoms with Gasteiger partial charge in [0.25, 0.3) is 0 Å². The van der Waals surface area contributed by atoms with Crippen molar-refractivity contribution in [2.75, 3.05) is 12.3 Å². The number of hydrogen-bond donors (Lipinski definition) is 8. The summed E-state index contributed by atoms with van der Waals surface area (Å²) < 4.78 is 0. The number of aliphatic carboxylic acids is 1. The number of carbonyl (C=O) groups is 5. The number of phenolic OH excluding ortho intramolecular Hbond substituents is 1. The number of primary amides is 1. The number of nitrogens with one attached hydrogen (secondary N) is 3. The molecule has 9 N–H and O–H groups in total. The van der Waals surface area contributed by atoms with Crippen LogP contribution in [0.5, 0.6) is 5.75 Å². The maximum Gasteiger partial charge on any atom is 0.326 e. The van der Waals surface area contributed by atoms with Gasteiger partial charge in [0, 0.05) is 12.2 Å². The van der Waals surface area contributed by atoms with E-state index >= 15 is 0 Å². The second kappa shape index (κ2) is 13.2. The molecular weight excluding hydrogens is 442 g/mol. The highest BCUT2D eigenvalue weighted by atomic mass is 32.1. The molecule has 0 radical (unpaired) electrons. The number of carbonyl (C=O) groups excluding carboxylic acids is 4. The highest BCUT2D eigenvalue weighted by Gasteiger charge is 2.26. The number of amides is 4. The first-order valence-corrected chi connectivity index (χ1v) is 10.2. The van der Waals surface area contributed by atoms with Gasteiger partial charge in [0.1, 0.15) is 17.8 Å². The number of rotatable bonds is 13. The molecule has 0 aliphatic rings. The Morgan fingerprint density at radius 3 is 2.16 bits per heavy atom. The Bertz CT molecular complexity index is 834. The average molecular weight is 470 g/mol. The van der Waals surface area contributed by atoms with Gasteiger partial charge in [0.2, 0.25) is 23.6 Å². The normalized spacial score (nSPS) is 13.3. The van der Waals surface area contributed by atoms with Crippen molar-refractivity contribution in [3.63, 3.8) is 0 Å². The predicted octanol–water partition coefficient (Wildman–Crippen LogP) is -2.37. The predicted molar refractivity (Wildman–Crippen MR) is 117 cm³/mol. The van der Waals surface area contributed by atoms with Gasteiger partial charge < -0.3 is 37.6 Å². The lowest BCUT2D eigenvalue weighted by Crippen LogP contribution is -2.54. The SMILES string of the molecule is NC(=O)CCC(NC(=O)C(CS)NC(=O)CNC(=O)C(N)Cc1ccc(O)cc1)C(=O)O. The third kappa shape index (κ3) is 9.66. The van der Waals surface area contributed by atoms with Crippen molar-refractivity contribution in [1.29, 1.82) is 0 Å². The molecule has 0 aromatic heterocycles. The van der Waals surface area contributed by atoms with E-state index in [0.717, 1.165) is 0 Å². The number of benzene rings is 1. The molecule has 0 saturated carbocycles. The molecule has 32 heavy (non-hydrogen) atoms. The van der Waals surface area contributed by atoms with E-state index in [2.05, 4.69) is 28.6 Å². The van der Waals surface area contributed by atoms with E-state index in [1.54, 1.807) is 12.1 Å². The van der Waals surface area contributed by atoms with Crippen molar-refractivity contribution in [2.45, 2.75) is 37.4 Å². The lowest BCUT2D eigenvalue weighted by Gasteiger charge is -2.20. The highest BCUT2D eigenvalue weighted by molar-refractivity contribution is 7.80. The Kier molecular flexibility index (Phi) is 11.0. The van der Waals surface area contributed by atoms with Crippen LogP contribution in [0, 0.1) is 0 Å². The quantitative estimate of drug-likeness (QED) is 0.146. The van der Waals surface area contributed by atoms with Crippen LogP contribution >= 0.6 is 12.6 Å². The van der Waals surface area contributed by atoms with Crippen LogP contribution in [0.15, 0.2) is 24.3 Å². The molecule has 1 rings (SSSR count). The largest absolute Gasteiger partial charge is 0.508 e. The lowest BCUT2D eigenvalue weighted by molar-refractivity contribution is -0.142. The summed E-state index contributed by atoms with van der Waals surface area (Å²) in [5.74, 6) is -4.28. The molecule has 0 spiro atoms. The fourth-order valence-corrected chi connectivity index (χ4v) is 2.79. The molecule has 0 bridgehead atoms. The maximum atomic E-state index is 12.3. The summed E-state index contributed by atoms with van der Waals surface area (Å²) in [5, 5.41) is 25.3. The first kappa shape index (κ1) is 26.7. The summed E-state index contributed by atoms with van der Waals surface area (Å²) in [5.41, 5.74) is 11.5. The Labute approximate surface area is 189 Å². The summed E-state index contributed by atoms with van der Waals surface area (Å²) in [4.78, 5) is 58.5. The lowest BCUT2D eigenvalue weighted by atomic mass is 10.1. The number of carboxylic acid groups (broad SMARTS) is 1. The van der Waals surface area contributed by atoms with E-state index in [0.29, 0.717) is 5.56 Å². The first-order chi connectivity index (χ1) is 15.0. The molecule has 12 nitrogen and oxygen atoms in total. The van der Waals surface area contributed by atoms with Crippen molar-refractivity contribution in [2.24, 2.45) is 11.5 Å². The summed E-state index contributed by atoms with van der Waals surface area (Å²) in [6, 6.07) is 2.64. The fraction of sp³-hybridized carbons (Fsp3) is 0.421. The molecule has 13 heteroatoms. The van der Waals surface area contributed by atoms with Gasteiger partial charge in [-0.25, -0.2) is 4.79 Å². The van der Waals surface area contributed by atoms with Crippen LogP contribution in [0.2, 0.25) is 0 Å². The Balaban J connectivity index is 2.52. The smallest absolute Gasteiger partial charge is 0.326 e. The van der Waals surface area contributed by atoms with Gasteiger partial charge in [-0.05, 0) is 30.5 Å². The van der Waals surface area contributed by atoms with Crippen molar-refractivity contribution in [3.8, 4) is 5.75 Å². The fourth-order valence-electron chi connectivity index (χ4n) is 2.53. The monoisotopic (exact) mass is 469 g/mol. The molecule has 0 aliphatic heterocycles. The van der Waals surface area contributed by atoms with Gasteiger partial charge in [0.15, 0.2) is 0 Å². The number of carboxylic acids is 1. The molecule has 0 fully saturated rings. The minimum atomic E-state index is -1.37. The third-order valence-electron chi connectivity index (χ3n) is 4.28. The molecule has 0 heterocycles. The molecule has 3 atom stereocenters. The van der Waals surface area contributed by atoms with Gasteiger partial charge >= 0.3 is 5.97 Å². The topological polar surface area (TPSA) is 214 Å². The van der Waals surface area contributed by atoms with Crippen LogP contribution in [0.1, 0.15) is 18.4 Å². The summed E-state index contributed by atoms with van der Waals surface area (Å²) in [6.07, 6.45) is -0.276. The zero-order valence-electron chi connectivity index (χ0n) is 17.1. The molecule has 1 aromatic carbocycles. The Morgan fingerprint density at radius 1 is 1.00 bits per heavy atom. The van der Waals surface area contributed by atoms with Crippen LogP contribution in [0.25, 0.3) is 0 Å². The summed E-state index contributed by atoms with van der Waals surface area (Å²) in [6.45, 7) is -0.469. The van der Waals surface area contributed by atoms with Gasteiger partial charge in [-0.2, -0.15) is 12.6 Å². The zero-order valence-corrected chi connectivity index (χ0v) is 18.0. The first-order valence-electron chi connectivity index (χ1n) is 9.56. The molecule has 0 saturated heterocycles. The van der Waals surface area contributed by atoms with Crippen molar-refractivity contribution in [3.05, 3.63) is 29.8 Å². The van der Waals surface area contributed by atoms with Crippen LogP contribution in [-0.2, 0) is 30.4 Å². The van der Waals surface area contributed by atoms with E-state index in [-0.39, 0.29) is 30.8 Å². The van der Waals surface area contributed by atoms with Crippen LogP contribution < -0.4 is 27.4 Å². The third-order valence-corrected chi connectivity index (χ3v) is 4.65. The van der Waals surface area contributed by atoms with Gasteiger partial charge in [0.05, 0.1) is 12.6 Å². The van der Waals surface area contributed by atoms with Gasteiger partial charge in [-0.15, -0.1) is 0 Å². The molecule has 3 unspecified atom stereocenters. The van der Waals surface area contributed by atoms with Crippen LogP contribution in [0.4, 0.5) is 0 Å². The second-order valence-electron chi connectivity index (χ2n) is 6.90. The summed E-state index contributed by atoms with van der Waals surface area (Å²) >= 11 is 3.97. The number of thiol groups is 1. The van der Waals surface area contributed by atoms with Crippen LogP contribution in [-0.4, -0.2) is 70.2 Å². The molecular formula is C19H27N5O7S. The van der Waals surface area contributed by atoms with E-state index in [9.17, 15) is 29.1 Å². The average Bonchev–Trinajstić information content (AvgIpc) is 2.74. The van der Waals surface area contributed by atoms with E-state index in [1.807, 2.05) is 0 Å². The van der Waals surface area contributed by atoms with Gasteiger partial charge in [-0.1, -0.05) is 12.1 Å². The number of aromatic hydroxyl groups is 1. The van der Waals surface area contributed by atoms with Crippen molar-refractivity contribution >= 4 is 42.2 Å². The second-order valence-corrected chi connectivity index (χ2v) is 7.27. The minimum absolute atomic E-state index is 0.0776. The zero-order chi connectivity index (χ0) is 24.3. The van der Waals surface area contributed by atoms with Gasteiger partial charge in [-0.3, -0.25) is 19.2 Å². The van der Waals surface area contributed by atoms with E-state index in [1.165, 1.54) is 12.1 Å². The molecule has 176 valence electrons. The molecule has 1 aromatic rings. The maximum absolute atomic E-state index is 12.3. The molecule has 0 aliphatic carbocycles. The van der Waals surface area contributed by atoms with Crippen molar-refractivity contribution < 1.29 is 34.2 Å². The highest BCUT2D eigenvalue weighted by Crippen LogP contribution is 2.10. The number of hydrogen-bond acceptors (Lipinski definition) is 8. The minimum Gasteiger partial charge on any atom is -0.508 e. The number of nitrogens with two attached hydrogens (primary N) is 2. The van der Waals surface area contributed by atoms with E-state index in [4.69, 9.17) is 16.6 Å². The van der Waals surface area contributed by atoms with Crippen molar-refractivity contribution in [1.82, 2.24) is 16.0 Å². The van der Waals surface area contributed by atoms with E-state index < -0.39 is 54.3 Å². The standard InChI is InChI=1S/C19H27N5O7S/c20-12(7-10-1-3-11(25)4-2-10)17(28)22-8-16(27)23-14(9-32)18(29)24-13(19(30)31)5-6-15(21)26/h1-4,12-14,25,32H,5-9,20H2,(H2,21,26)(H,22,28)(H,23,27)(H,24,29)(H,30,31). The Morgan fingerprint density at radius 2 is 1.62 bits per heavy atom. The number of phenols is 1. The summed E-state index contributed by atoms with van der Waals surface area (Å²) in [7, 11) is 0. The molecule has 4 amide bonds. The Hall–Kier alpha value is -3.32.